The van der Waals surface area contributed by atoms with Gasteiger partial charge in [0.05, 0.1) is 11.4 Å². The number of phenols is 2. The molecule has 130 valence electrons. The summed E-state index contributed by atoms with van der Waals surface area (Å²) >= 11 is 0. The molecule has 24 heavy (non-hydrogen) atoms. The minimum atomic E-state index is 0.123. The van der Waals surface area contributed by atoms with Gasteiger partial charge in [0.1, 0.15) is 11.5 Å². The van der Waals surface area contributed by atoms with Gasteiger partial charge in [-0.1, -0.05) is 25.5 Å². The molecule has 0 aromatic heterocycles. The van der Waals surface area contributed by atoms with Gasteiger partial charge in [-0.05, 0) is 67.5 Å². The average Bonchev–Trinajstić information content (AvgIpc) is 2.56. The predicted molar refractivity (Wildman–Crippen MR) is 101 cm³/mol. The van der Waals surface area contributed by atoms with Crippen molar-refractivity contribution in [2.24, 2.45) is 0 Å². The lowest BCUT2D eigenvalue weighted by atomic mass is 9.81. The van der Waals surface area contributed by atoms with Crippen LogP contribution < -0.4 is 11.5 Å². The Bertz CT molecular complexity index is 719. The van der Waals surface area contributed by atoms with Gasteiger partial charge in [0.25, 0.3) is 0 Å². The van der Waals surface area contributed by atoms with Gasteiger partial charge in [-0.15, -0.1) is 0 Å². The first-order valence-electron chi connectivity index (χ1n) is 8.37. The molecule has 0 fully saturated rings. The van der Waals surface area contributed by atoms with Crippen molar-refractivity contribution < 1.29 is 10.2 Å². The van der Waals surface area contributed by atoms with E-state index in [2.05, 4.69) is 6.92 Å². The van der Waals surface area contributed by atoms with Crippen molar-refractivity contribution in [3.63, 3.8) is 0 Å². The first-order chi connectivity index (χ1) is 11.2. The van der Waals surface area contributed by atoms with Crippen molar-refractivity contribution in [3.05, 3.63) is 45.5 Å². The zero-order chi connectivity index (χ0) is 18.2. The minimum Gasteiger partial charge on any atom is -0.506 e. The quantitative estimate of drug-likeness (QED) is 0.493. The van der Waals surface area contributed by atoms with Crippen molar-refractivity contribution in [1.29, 1.82) is 0 Å². The van der Waals surface area contributed by atoms with Crippen molar-refractivity contribution in [2.45, 2.75) is 53.4 Å². The van der Waals surface area contributed by atoms with E-state index < -0.39 is 0 Å². The first kappa shape index (κ1) is 18.0. The Morgan fingerprint density at radius 2 is 1.21 bits per heavy atom. The molecule has 0 radical (unpaired) electrons. The molecule has 0 heterocycles. The lowest BCUT2D eigenvalue weighted by molar-refractivity contribution is 0.472. The molecule has 0 aliphatic heterocycles. The van der Waals surface area contributed by atoms with Crippen LogP contribution in [0.15, 0.2) is 12.1 Å². The summed E-state index contributed by atoms with van der Waals surface area (Å²) in [5.41, 5.74) is 18.7. The van der Waals surface area contributed by atoms with Gasteiger partial charge in [-0.2, -0.15) is 0 Å². The third kappa shape index (κ3) is 2.88. The topological polar surface area (TPSA) is 92.5 Å². The van der Waals surface area contributed by atoms with Crippen LogP contribution in [0, 0.1) is 27.7 Å². The second-order valence-corrected chi connectivity index (χ2v) is 6.68. The molecule has 0 bridgehead atoms. The molecule has 0 saturated heterocycles. The van der Waals surface area contributed by atoms with E-state index in [0.29, 0.717) is 11.4 Å². The van der Waals surface area contributed by atoms with Crippen LogP contribution in [0.2, 0.25) is 0 Å². The molecule has 6 N–H and O–H groups in total. The zero-order valence-corrected chi connectivity index (χ0v) is 15.2. The van der Waals surface area contributed by atoms with Crippen LogP contribution in [0.4, 0.5) is 11.4 Å². The Balaban J connectivity index is 2.73. The first-order valence-corrected chi connectivity index (χ1v) is 8.37. The van der Waals surface area contributed by atoms with E-state index in [1.807, 2.05) is 39.8 Å². The smallest absolute Gasteiger partial charge is 0.141 e. The van der Waals surface area contributed by atoms with E-state index in [1.165, 1.54) is 0 Å². The second-order valence-electron chi connectivity index (χ2n) is 6.68. The molecule has 2 rings (SSSR count). The van der Waals surface area contributed by atoms with E-state index in [4.69, 9.17) is 11.5 Å². The van der Waals surface area contributed by atoms with Gasteiger partial charge < -0.3 is 21.7 Å². The van der Waals surface area contributed by atoms with Crippen molar-refractivity contribution in [3.8, 4) is 11.5 Å². The number of phenolic OH excluding ortho intramolecular Hbond substituents is 2. The molecule has 0 atom stereocenters. The van der Waals surface area contributed by atoms with E-state index in [9.17, 15) is 10.2 Å². The molecule has 2 aromatic carbocycles. The van der Waals surface area contributed by atoms with Crippen molar-refractivity contribution in [1.82, 2.24) is 0 Å². The number of rotatable bonds is 4. The Morgan fingerprint density at radius 3 is 1.54 bits per heavy atom. The molecule has 0 saturated carbocycles. The molecule has 0 aliphatic carbocycles. The normalized spacial score (nSPS) is 11.2. The highest BCUT2D eigenvalue weighted by molar-refractivity contribution is 5.68. The van der Waals surface area contributed by atoms with Gasteiger partial charge in [-0.25, -0.2) is 0 Å². The Hall–Kier alpha value is -2.36. The summed E-state index contributed by atoms with van der Waals surface area (Å²) in [6, 6.07) is 4.03. The van der Waals surface area contributed by atoms with Gasteiger partial charge in [0.2, 0.25) is 0 Å². The highest BCUT2D eigenvalue weighted by Crippen LogP contribution is 2.42. The minimum absolute atomic E-state index is 0.123. The maximum Gasteiger partial charge on any atom is 0.141 e. The fourth-order valence-electron chi connectivity index (χ4n) is 3.40. The summed E-state index contributed by atoms with van der Waals surface area (Å²) in [7, 11) is 0. The summed E-state index contributed by atoms with van der Waals surface area (Å²) in [6.45, 7) is 9.75. The third-order valence-electron chi connectivity index (χ3n) is 5.00. The summed E-state index contributed by atoms with van der Waals surface area (Å²) in [4.78, 5) is 0. The lowest BCUT2D eigenvalue weighted by Crippen LogP contribution is -2.09. The Morgan fingerprint density at radius 1 is 0.833 bits per heavy atom. The fourth-order valence-corrected chi connectivity index (χ4v) is 3.40. The molecule has 0 amide bonds. The van der Waals surface area contributed by atoms with Gasteiger partial charge in [-0.3, -0.25) is 0 Å². The molecule has 4 heteroatoms. The maximum absolute atomic E-state index is 10.1. The SMILES string of the molecule is CCCC(c1cc(C)c(O)c(N)c1C)c1cc(C)c(O)c(N)c1C. The van der Waals surface area contributed by atoms with Crippen LogP contribution >= 0.6 is 0 Å². The zero-order valence-electron chi connectivity index (χ0n) is 15.2. The number of nitrogen functional groups attached to an aromatic ring is 2. The average molecular weight is 328 g/mol. The van der Waals surface area contributed by atoms with E-state index in [0.717, 1.165) is 46.2 Å². The van der Waals surface area contributed by atoms with Crippen LogP contribution in [-0.2, 0) is 0 Å². The summed E-state index contributed by atoms with van der Waals surface area (Å²) in [6.07, 6.45) is 1.94. The summed E-state index contributed by atoms with van der Waals surface area (Å²) < 4.78 is 0. The fraction of sp³-hybridized carbons (Fsp3) is 0.400. The molecular formula is C20H28N2O2. The Kier molecular flexibility index (Phi) is 4.97. The van der Waals surface area contributed by atoms with Crippen molar-refractivity contribution in [2.75, 3.05) is 11.5 Å². The lowest BCUT2D eigenvalue weighted by Gasteiger charge is -2.25. The van der Waals surface area contributed by atoms with Crippen LogP contribution in [0.3, 0.4) is 0 Å². The van der Waals surface area contributed by atoms with Gasteiger partial charge >= 0.3 is 0 Å². The number of aromatic hydroxyl groups is 2. The van der Waals surface area contributed by atoms with E-state index >= 15 is 0 Å². The van der Waals surface area contributed by atoms with Crippen LogP contribution in [-0.4, -0.2) is 10.2 Å². The second kappa shape index (κ2) is 6.63. The number of aryl methyl sites for hydroxylation is 2. The molecule has 0 aliphatic rings. The standard InChI is InChI=1S/C20H28N2O2/c1-6-7-14(15-8-10(2)19(23)17(21)12(15)4)16-9-11(3)20(24)18(22)13(16)5/h8-9,14,23-24H,6-7,21-22H2,1-5H3. The highest BCUT2D eigenvalue weighted by Gasteiger charge is 2.23. The van der Waals surface area contributed by atoms with E-state index in [-0.39, 0.29) is 17.4 Å². The Labute approximate surface area is 144 Å². The molecule has 2 aromatic rings. The number of hydrogen-bond acceptors (Lipinski definition) is 4. The maximum atomic E-state index is 10.1. The van der Waals surface area contributed by atoms with Crippen LogP contribution in [0.1, 0.15) is 59.1 Å². The molecule has 4 nitrogen and oxygen atoms in total. The van der Waals surface area contributed by atoms with Crippen molar-refractivity contribution >= 4 is 11.4 Å². The van der Waals surface area contributed by atoms with E-state index in [1.54, 1.807) is 0 Å². The number of nitrogens with two attached hydrogens (primary N) is 2. The van der Waals surface area contributed by atoms with Gasteiger partial charge in [0, 0.05) is 5.92 Å². The highest BCUT2D eigenvalue weighted by atomic mass is 16.3. The number of anilines is 2. The predicted octanol–water partition coefficient (Wildman–Crippen LogP) is 4.43. The number of hydrogen-bond donors (Lipinski definition) is 4. The van der Waals surface area contributed by atoms with Crippen LogP contribution in [0.5, 0.6) is 11.5 Å². The summed E-state index contributed by atoms with van der Waals surface area (Å²) in [5, 5.41) is 20.2. The monoisotopic (exact) mass is 328 g/mol. The molecule has 0 unspecified atom stereocenters. The largest absolute Gasteiger partial charge is 0.506 e. The van der Waals surface area contributed by atoms with Crippen LogP contribution in [0.25, 0.3) is 0 Å². The molecular weight excluding hydrogens is 300 g/mol. The third-order valence-corrected chi connectivity index (χ3v) is 5.00. The van der Waals surface area contributed by atoms with Gasteiger partial charge in [0.15, 0.2) is 0 Å². The summed E-state index contributed by atoms with van der Waals surface area (Å²) in [5.74, 6) is 0.437. The molecule has 0 spiro atoms. The number of benzene rings is 2.